The molecule has 0 spiro atoms. The highest BCUT2D eigenvalue weighted by Gasteiger charge is 2.16. The highest BCUT2D eigenvalue weighted by Crippen LogP contribution is 2.20. The SMILES string of the molecule is CCC(CC)C(=O)Nc1ccccc1Cc1nc(C)no1. The molecule has 0 bridgehead atoms. The van der Waals surface area contributed by atoms with Crippen LogP contribution in [0.2, 0.25) is 0 Å². The minimum atomic E-state index is 0.0451. The first kappa shape index (κ1) is 15.2. The number of aromatic nitrogens is 2. The van der Waals surface area contributed by atoms with Crippen molar-refractivity contribution in [1.29, 1.82) is 0 Å². The zero-order valence-electron chi connectivity index (χ0n) is 12.7. The first-order valence-electron chi connectivity index (χ1n) is 7.32. The molecule has 1 aromatic heterocycles. The second-order valence-corrected chi connectivity index (χ2v) is 5.07. The summed E-state index contributed by atoms with van der Waals surface area (Å²) in [4.78, 5) is 16.4. The van der Waals surface area contributed by atoms with Gasteiger partial charge in [-0.3, -0.25) is 4.79 Å². The molecule has 1 N–H and O–H groups in total. The lowest BCUT2D eigenvalue weighted by molar-refractivity contribution is -0.120. The summed E-state index contributed by atoms with van der Waals surface area (Å²) in [5.41, 5.74) is 1.78. The Labute approximate surface area is 124 Å². The number of rotatable bonds is 6. The normalized spacial score (nSPS) is 10.9. The summed E-state index contributed by atoms with van der Waals surface area (Å²) in [7, 11) is 0. The smallest absolute Gasteiger partial charge is 0.231 e. The summed E-state index contributed by atoms with van der Waals surface area (Å²) >= 11 is 0. The topological polar surface area (TPSA) is 68.0 Å². The number of anilines is 1. The van der Waals surface area contributed by atoms with Gasteiger partial charge >= 0.3 is 0 Å². The number of carbonyl (C=O) groups is 1. The fourth-order valence-corrected chi connectivity index (χ4v) is 2.27. The number of para-hydroxylation sites is 1. The van der Waals surface area contributed by atoms with Crippen molar-refractivity contribution in [1.82, 2.24) is 10.1 Å². The fraction of sp³-hybridized carbons (Fsp3) is 0.438. The van der Waals surface area contributed by atoms with Crippen LogP contribution in [-0.2, 0) is 11.2 Å². The minimum absolute atomic E-state index is 0.0451. The van der Waals surface area contributed by atoms with Crippen LogP contribution < -0.4 is 5.32 Å². The summed E-state index contributed by atoms with van der Waals surface area (Å²) in [6.45, 7) is 5.84. The van der Waals surface area contributed by atoms with Crippen LogP contribution in [0.5, 0.6) is 0 Å². The highest BCUT2D eigenvalue weighted by atomic mass is 16.5. The van der Waals surface area contributed by atoms with Crippen molar-refractivity contribution in [2.24, 2.45) is 5.92 Å². The fourth-order valence-electron chi connectivity index (χ4n) is 2.27. The molecule has 2 rings (SSSR count). The van der Waals surface area contributed by atoms with E-state index in [2.05, 4.69) is 15.5 Å². The predicted octanol–water partition coefficient (Wildman–Crippen LogP) is 3.34. The molecule has 1 aromatic carbocycles. The van der Waals surface area contributed by atoms with Crippen molar-refractivity contribution in [3.05, 3.63) is 41.5 Å². The van der Waals surface area contributed by atoms with Gasteiger partial charge in [-0.15, -0.1) is 0 Å². The van der Waals surface area contributed by atoms with Crippen molar-refractivity contribution in [2.75, 3.05) is 5.32 Å². The molecule has 5 nitrogen and oxygen atoms in total. The molecular formula is C16H21N3O2. The lowest BCUT2D eigenvalue weighted by atomic mass is 10.0. The van der Waals surface area contributed by atoms with E-state index in [9.17, 15) is 4.79 Å². The summed E-state index contributed by atoms with van der Waals surface area (Å²) in [6.07, 6.45) is 2.20. The second-order valence-electron chi connectivity index (χ2n) is 5.07. The van der Waals surface area contributed by atoms with Crippen LogP contribution in [0.25, 0.3) is 0 Å². The third-order valence-corrected chi connectivity index (χ3v) is 3.54. The monoisotopic (exact) mass is 287 g/mol. The molecule has 0 saturated heterocycles. The van der Waals surface area contributed by atoms with Crippen LogP contribution in [0.4, 0.5) is 5.69 Å². The number of hydrogen-bond acceptors (Lipinski definition) is 4. The summed E-state index contributed by atoms with van der Waals surface area (Å²) in [6, 6.07) is 7.71. The van der Waals surface area contributed by atoms with Crippen LogP contribution in [0.3, 0.4) is 0 Å². The number of benzene rings is 1. The Morgan fingerprint density at radius 1 is 1.29 bits per heavy atom. The Balaban J connectivity index is 2.15. The zero-order valence-corrected chi connectivity index (χ0v) is 12.7. The van der Waals surface area contributed by atoms with Gasteiger partial charge in [-0.25, -0.2) is 0 Å². The van der Waals surface area contributed by atoms with Gasteiger partial charge in [0.15, 0.2) is 5.82 Å². The van der Waals surface area contributed by atoms with Gasteiger partial charge in [-0.1, -0.05) is 37.2 Å². The van der Waals surface area contributed by atoms with Crippen LogP contribution in [0.1, 0.15) is 44.0 Å². The Bertz CT molecular complexity index is 603. The van der Waals surface area contributed by atoms with Crippen molar-refractivity contribution in [3.63, 3.8) is 0 Å². The van der Waals surface area contributed by atoms with Crippen molar-refractivity contribution < 1.29 is 9.32 Å². The maximum absolute atomic E-state index is 12.2. The van der Waals surface area contributed by atoms with E-state index in [1.54, 1.807) is 6.92 Å². The maximum Gasteiger partial charge on any atom is 0.231 e. The molecule has 0 aliphatic carbocycles. The molecule has 112 valence electrons. The van der Waals surface area contributed by atoms with Crippen molar-refractivity contribution in [3.8, 4) is 0 Å². The molecule has 0 unspecified atom stereocenters. The first-order valence-corrected chi connectivity index (χ1v) is 7.32. The van der Waals surface area contributed by atoms with E-state index in [-0.39, 0.29) is 11.8 Å². The number of nitrogens with zero attached hydrogens (tertiary/aromatic N) is 2. The summed E-state index contributed by atoms with van der Waals surface area (Å²) in [5, 5.41) is 6.80. The van der Waals surface area contributed by atoms with Crippen LogP contribution in [0, 0.1) is 12.8 Å². The number of nitrogens with one attached hydrogen (secondary N) is 1. The van der Waals surface area contributed by atoms with E-state index in [0.29, 0.717) is 18.1 Å². The van der Waals surface area contributed by atoms with Gasteiger partial charge in [0.2, 0.25) is 11.8 Å². The van der Waals surface area contributed by atoms with Gasteiger partial charge in [0.05, 0.1) is 6.42 Å². The van der Waals surface area contributed by atoms with Gasteiger partial charge in [-0.2, -0.15) is 4.98 Å². The van der Waals surface area contributed by atoms with Gasteiger partial charge in [-0.05, 0) is 31.4 Å². The lowest BCUT2D eigenvalue weighted by Gasteiger charge is -2.15. The third kappa shape index (κ3) is 3.90. The highest BCUT2D eigenvalue weighted by molar-refractivity contribution is 5.93. The Morgan fingerprint density at radius 2 is 2.00 bits per heavy atom. The minimum Gasteiger partial charge on any atom is -0.339 e. The molecule has 0 saturated carbocycles. The molecule has 0 aliphatic rings. The van der Waals surface area contributed by atoms with E-state index < -0.39 is 0 Å². The average molecular weight is 287 g/mol. The average Bonchev–Trinajstić information content (AvgIpc) is 2.88. The Morgan fingerprint density at radius 3 is 2.62 bits per heavy atom. The van der Waals surface area contributed by atoms with Crippen LogP contribution >= 0.6 is 0 Å². The van der Waals surface area contributed by atoms with Crippen molar-refractivity contribution >= 4 is 11.6 Å². The van der Waals surface area contributed by atoms with E-state index in [1.807, 2.05) is 38.1 Å². The van der Waals surface area contributed by atoms with Crippen molar-refractivity contribution in [2.45, 2.75) is 40.0 Å². The number of carbonyl (C=O) groups excluding carboxylic acids is 1. The molecule has 2 aromatic rings. The first-order chi connectivity index (χ1) is 10.1. The lowest BCUT2D eigenvalue weighted by Crippen LogP contribution is -2.22. The maximum atomic E-state index is 12.2. The van der Waals surface area contributed by atoms with Gasteiger partial charge < -0.3 is 9.84 Å². The van der Waals surface area contributed by atoms with Gasteiger partial charge in [0.25, 0.3) is 0 Å². The molecular weight excluding hydrogens is 266 g/mol. The standard InChI is InChI=1S/C16H21N3O2/c1-4-12(5-2)16(20)18-14-9-7-6-8-13(14)10-15-17-11(3)19-21-15/h6-9,12H,4-5,10H2,1-3H3,(H,18,20). The Kier molecular flexibility index (Phi) is 5.09. The third-order valence-electron chi connectivity index (χ3n) is 3.54. The van der Waals surface area contributed by atoms with Crippen LogP contribution in [0.15, 0.2) is 28.8 Å². The van der Waals surface area contributed by atoms with E-state index in [1.165, 1.54) is 0 Å². The summed E-state index contributed by atoms with van der Waals surface area (Å²) < 4.78 is 5.14. The molecule has 0 aliphatic heterocycles. The van der Waals surface area contributed by atoms with Gasteiger partial charge in [0, 0.05) is 11.6 Å². The van der Waals surface area contributed by atoms with E-state index in [4.69, 9.17) is 4.52 Å². The molecule has 0 atom stereocenters. The molecule has 1 amide bonds. The number of aryl methyl sites for hydroxylation is 1. The largest absolute Gasteiger partial charge is 0.339 e. The van der Waals surface area contributed by atoms with Crippen LogP contribution in [-0.4, -0.2) is 16.0 Å². The molecule has 1 heterocycles. The van der Waals surface area contributed by atoms with Gasteiger partial charge in [0.1, 0.15) is 0 Å². The molecule has 5 heteroatoms. The summed E-state index contributed by atoms with van der Waals surface area (Å²) in [5.74, 6) is 1.28. The number of amides is 1. The molecule has 21 heavy (non-hydrogen) atoms. The number of hydrogen-bond donors (Lipinski definition) is 1. The van der Waals surface area contributed by atoms with E-state index in [0.717, 1.165) is 24.1 Å². The Hall–Kier alpha value is -2.17. The zero-order chi connectivity index (χ0) is 15.2. The quantitative estimate of drug-likeness (QED) is 0.884. The van der Waals surface area contributed by atoms with E-state index >= 15 is 0 Å². The second kappa shape index (κ2) is 7.02. The molecule has 0 fully saturated rings. The molecule has 0 radical (unpaired) electrons. The predicted molar refractivity (Wildman–Crippen MR) is 81.0 cm³/mol.